The third kappa shape index (κ3) is 4.23. The molecule has 1 aliphatic rings. The first-order valence-electron chi connectivity index (χ1n) is 8.34. The second-order valence-electron chi connectivity index (χ2n) is 5.93. The molecule has 0 saturated carbocycles. The van der Waals surface area contributed by atoms with Gasteiger partial charge in [0.25, 0.3) is 0 Å². The van der Waals surface area contributed by atoms with Crippen LogP contribution in [0.1, 0.15) is 64.4 Å². The highest BCUT2D eigenvalue weighted by molar-refractivity contribution is 5.80. The Morgan fingerprint density at radius 3 is 2.24 bits per heavy atom. The Hall–Kier alpha value is -1.50. The molecule has 1 aliphatic carbocycles. The average Bonchev–Trinajstić information content (AvgIpc) is 2.94. The molecule has 1 heteroatoms. The molecule has 0 saturated heterocycles. The van der Waals surface area contributed by atoms with Crippen LogP contribution in [0.5, 0.6) is 5.75 Å². The second-order valence-corrected chi connectivity index (χ2v) is 5.93. The van der Waals surface area contributed by atoms with Crippen LogP contribution >= 0.6 is 0 Å². The number of methoxy groups -OCH3 is 1. The fourth-order valence-electron chi connectivity index (χ4n) is 2.96. The Kier molecular flexibility index (Phi) is 6.10. The number of benzene rings is 1. The van der Waals surface area contributed by atoms with Crippen LogP contribution in [0, 0.1) is 0 Å². The highest BCUT2D eigenvalue weighted by Gasteiger charge is 2.16. The molecule has 1 nitrogen and oxygen atoms in total. The summed E-state index contributed by atoms with van der Waals surface area (Å²) in [5, 5.41) is 0. The molecule has 0 atom stereocenters. The lowest BCUT2D eigenvalue weighted by Gasteiger charge is -2.08. The van der Waals surface area contributed by atoms with E-state index in [1.54, 1.807) is 18.3 Å². The van der Waals surface area contributed by atoms with E-state index in [0.717, 1.165) is 5.75 Å². The van der Waals surface area contributed by atoms with Crippen LogP contribution in [-0.2, 0) is 0 Å². The molecule has 0 aliphatic heterocycles. The minimum atomic E-state index is 0.933. The van der Waals surface area contributed by atoms with E-state index in [9.17, 15) is 0 Å². The van der Waals surface area contributed by atoms with E-state index >= 15 is 0 Å². The van der Waals surface area contributed by atoms with E-state index in [1.165, 1.54) is 56.1 Å². The molecule has 0 bridgehead atoms. The molecule has 1 aromatic rings. The minimum absolute atomic E-state index is 0.933. The number of unbranched alkanes of at least 4 members (excludes halogenated alkanes) is 2. The lowest BCUT2D eigenvalue weighted by atomic mass is 9.98. The highest BCUT2D eigenvalue weighted by Crippen LogP contribution is 2.37. The predicted molar refractivity (Wildman–Crippen MR) is 91.7 cm³/mol. The summed E-state index contributed by atoms with van der Waals surface area (Å²) >= 11 is 0. The van der Waals surface area contributed by atoms with E-state index in [2.05, 4.69) is 44.2 Å². The lowest BCUT2D eigenvalue weighted by molar-refractivity contribution is 0.415. The Bertz CT molecular complexity index is 505. The first-order valence-corrected chi connectivity index (χ1v) is 8.34. The average molecular weight is 284 g/mol. The van der Waals surface area contributed by atoms with Crippen molar-refractivity contribution in [3.05, 3.63) is 47.1 Å². The minimum Gasteiger partial charge on any atom is -0.497 e. The van der Waals surface area contributed by atoms with Gasteiger partial charge in [0, 0.05) is 0 Å². The van der Waals surface area contributed by atoms with E-state index in [4.69, 9.17) is 4.74 Å². The molecule has 0 unspecified atom stereocenters. The van der Waals surface area contributed by atoms with Gasteiger partial charge in [-0.05, 0) is 55.4 Å². The standard InChI is InChI=1S/C20H28O/c1-4-6-8-16-14-18(9-7-5-2)20(15-16)17-10-12-19(21-3)13-11-17/h10-13,15H,4-9,14H2,1-3H3. The summed E-state index contributed by atoms with van der Waals surface area (Å²) in [6, 6.07) is 8.52. The molecule has 0 spiro atoms. The lowest BCUT2D eigenvalue weighted by Crippen LogP contribution is -1.88. The molecule has 0 N–H and O–H groups in total. The van der Waals surface area contributed by atoms with E-state index in [0.29, 0.717) is 0 Å². The third-order valence-electron chi connectivity index (χ3n) is 4.25. The van der Waals surface area contributed by atoms with Crippen molar-refractivity contribution in [2.24, 2.45) is 0 Å². The fraction of sp³-hybridized carbons (Fsp3) is 0.500. The molecule has 0 aromatic heterocycles. The van der Waals surface area contributed by atoms with Crippen LogP contribution in [0.2, 0.25) is 0 Å². The first-order chi connectivity index (χ1) is 10.3. The van der Waals surface area contributed by atoms with Crippen molar-refractivity contribution in [2.45, 2.75) is 58.8 Å². The van der Waals surface area contributed by atoms with Crippen molar-refractivity contribution in [1.29, 1.82) is 0 Å². The van der Waals surface area contributed by atoms with Crippen LogP contribution in [0.15, 0.2) is 41.5 Å². The van der Waals surface area contributed by atoms with Crippen LogP contribution in [0.4, 0.5) is 0 Å². The van der Waals surface area contributed by atoms with Crippen molar-refractivity contribution in [3.63, 3.8) is 0 Å². The monoisotopic (exact) mass is 284 g/mol. The van der Waals surface area contributed by atoms with Crippen LogP contribution in [-0.4, -0.2) is 7.11 Å². The summed E-state index contributed by atoms with van der Waals surface area (Å²) < 4.78 is 5.27. The van der Waals surface area contributed by atoms with Gasteiger partial charge in [0.15, 0.2) is 0 Å². The van der Waals surface area contributed by atoms with Gasteiger partial charge in [-0.15, -0.1) is 0 Å². The Labute approximate surface area is 129 Å². The van der Waals surface area contributed by atoms with Gasteiger partial charge in [-0.25, -0.2) is 0 Å². The van der Waals surface area contributed by atoms with Gasteiger partial charge in [0.1, 0.15) is 5.75 Å². The zero-order valence-electron chi connectivity index (χ0n) is 13.7. The zero-order valence-corrected chi connectivity index (χ0v) is 13.7. The topological polar surface area (TPSA) is 9.23 Å². The zero-order chi connectivity index (χ0) is 15.1. The highest BCUT2D eigenvalue weighted by atomic mass is 16.5. The van der Waals surface area contributed by atoms with Gasteiger partial charge in [-0.2, -0.15) is 0 Å². The molecule has 1 aromatic carbocycles. The third-order valence-corrected chi connectivity index (χ3v) is 4.25. The molecule has 21 heavy (non-hydrogen) atoms. The number of rotatable bonds is 8. The number of hydrogen-bond acceptors (Lipinski definition) is 1. The fourth-order valence-corrected chi connectivity index (χ4v) is 2.96. The molecule has 0 radical (unpaired) electrons. The van der Waals surface area contributed by atoms with Crippen molar-refractivity contribution >= 4 is 5.57 Å². The quantitative estimate of drug-likeness (QED) is 0.555. The number of hydrogen-bond donors (Lipinski definition) is 0. The summed E-state index contributed by atoms with van der Waals surface area (Å²) in [4.78, 5) is 0. The molecule has 2 rings (SSSR count). The van der Waals surface area contributed by atoms with Gasteiger partial charge >= 0.3 is 0 Å². The summed E-state index contributed by atoms with van der Waals surface area (Å²) in [5.41, 5.74) is 6.06. The maximum atomic E-state index is 5.27. The Morgan fingerprint density at radius 1 is 0.952 bits per heavy atom. The largest absolute Gasteiger partial charge is 0.497 e. The smallest absolute Gasteiger partial charge is 0.118 e. The molecule has 0 heterocycles. The first kappa shape index (κ1) is 15.9. The number of allylic oxidation sites excluding steroid dienone is 4. The molecular formula is C20H28O. The Morgan fingerprint density at radius 2 is 1.62 bits per heavy atom. The van der Waals surface area contributed by atoms with Crippen molar-refractivity contribution in [2.75, 3.05) is 7.11 Å². The van der Waals surface area contributed by atoms with E-state index in [-0.39, 0.29) is 0 Å². The van der Waals surface area contributed by atoms with Crippen molar-refractivity contribution in [3.8, 4) is 5.75 Å². The van der Waals surface area contributed by atoms with Gasteiger partial charge in [-0.1, -0.05) is 56.0 Å². The molecule has 0 fully saturated rings. The van der Waals surface area contributed by atoms with Crippen molar-refractivity contribution in [1.82, 2.24) is 0 Å². The maximum absolute atomic E-state index is 5.27. The summed E-state index contributed by atoms with van der Waals surface area (Å²) in [7, 11) is 1.72. The van der Waals surface area contributed by atoms with Gasteiger partial charge in [0.2, 0.25) is 0 Å². The molecular weight excluding hydrogens is 256 g/mol. The van der Waals surface area contributed by atoms with Crippen molar-refractivity contribution < 1.29 is 4.74 Å². The van der Waals surface area contributed by atoms with E-state index in [1.807, 2.05) is 0 Å². The van der Waals surface area contributed by atoms with Crippen LogP contribution in [0.3, 0.4) is 0 Å². The SMILES string of the molecule is CCCCC1=CC(c2ccc(OC)cc2)=C(CCCC)C1. The molecule has 0 amide bonds. The second kappa shape index (κ2) is 8.07. The van der Waals surface area contributed by atoms with E-state index < -0.39 is 0 Å². The van der Waals surface area contributed by atoms with Gasteiger partial charge in [-0.3, -0.25) is 0 Å². The summed E-state index contributed by atoms with van der Waals surface area (Å²) in [6.45, 7) is 4.54. The maximum Gasteiger partial charge on any atom is 0.118 e. The van der Waals surface area contributed by atoms with Crippen LogP contribution < -0.4 is 4.74 Å². The number of ether oxygens (including phenoxy) is 1. The normalized spacial score (nSPS) is 14.5. The molecule has 114 valence electrons. The summed E-state index contributed by atoms with van der Waals surface area (Å²) in [5.74, 6) is 0.933. The summed E-state index contributed by atoms with van der Waals surface area (Å²) in [6.07, 6.45) is 11.3. The Balaban J connectivity index is 2.20. The van der Waals surface area contributed by atoms with Gasteiger partial charge < -0.3 is 4.74 Å². The predicted octanol–water partition coefficient (Wildman–Crippen LogP) is 6.16. The van der Waals surface area contributed by atoms with Crippen LogP contribution in [0.25, 0.3) is 5.57 Å². The van der Waals surface area contributed by atoms with Gasteiger partial charge in [0.05, 0.1) is 7.11 Å².